The van der Waals surface area contributed by atoms with E-state index in [1.54, 1.807) is 88.4 Å². The molecule has 0 saturated carbocycles. The average Bonchev–Trinajstić information content (AvgIpc) is 3.46. The quantitative estimate of drug-likeness (QED) is 0.0332. The molecule has 10 atom stereocenters. The highest BCUT2D eigenvalue weighted by Gasteiger charge is 2.37. The molecule has 0 aliphatic rings. The SMILES string of the molecule is CC[C@H](C)[C@H](NC(=O)[C@@H](NC(=O)[C@H](Cc1ccccc1)NC(=O)[C@H](Cc1ccccc1)NC(C)=O)C(C)C)C(=O)N[C@@H](CCC(=O)O)C(=O)N[C@@H](CCC(=O)O)C(=O)N[C@@H](Cc1ccc(O)cc1)C(=O)N[C@H](C(=O)NCC(N)=O)[C@@H](C)O. The van der Waals surface area contributed by atoms with E-state index in [1.165, 1.54) is 31.2 Å². The smallest absolute Gasteiger partial charge is 0.303 e. The van der Waals surface area contributed by atoms with Gasteiger partial charge in [0, 0.05) is 39.0 Å². The first-order valence-electron chi connectivity index (χ1n) is 26.6. The Bertz CT molecular complexity index is 2690. The number of rotatable bonds is 34. The Kier molecular flexibility index (Phi) is 27.6. The lowest BCUT2D eigenvalue weighted by molar-refractivity contribution is -0.140. The molecule has 0 saturated heterocycles. The highest BCUT2D eigenvalue weighted by Crippen LogP contribution is 2.16. The summed E-state index contributed by atoms with van der Waals surface area (Å²) < 4.78 is 0. The third kappa shape index (κ3) is 23.4. The molecule has 26 nitrogen and oxygen atoms in total. The number of aliphatic carboxylic acids is 2. The number of carbonyl (C=O) groups is 12. The molecule has 82 heavy (non-hydrogen) atoms. The van der Waals surface area contributed by atoms with Crippen LogP contribution in [0.2, 0.25) is 0 Å². The molecule has 0 radical (unpaired) electrons. The molecular formula is C56H76N10O16. The fourth-order valence-electron chi connectivity index (χ4n) is 8.27. The van der Waals surface area contributed by atoms with E-state index in [0.717, 1.165) is 12.5 Å². The van der Waals surface area contributed by atoms with E-state index in [4.69, 9.17) is 5.73 Å². The summed E-state index contributed by atoms with van der Waals surface area (Å²) in [5, 5.41) is 62.0. The largest absolute Gasteiger partial charge is 0.508 e. The van der Waals surface area contributed by atoms with E-state index < -0.39 is 170 Å². The van der Waals surface area contributed by atoms with Crippen LogP contribution in [0.25, 0.3) is 0 Å². The molecule has 0 aliphatic carbocycles. The number of carboxylic acid groups (broad SMARTS) is 2. The second-order valence-corrected chi connectivity index (χ2v) is 20.1. The third-order valence-electron chi connectivity index (χ3n) is 13.0. The van der Waals surface area contributed by atoms with Crippen molar-refractivity contribution in [2.24, 2.45) is 17.6 Å². The van der Waals surface area contributed by atoms with Crippen LogP contribution in [-0.4, -0.2) is 152 Å². The van der Waals surface area contributed by atoms with Crippen molar-refractivity contribution in [1.82, 2.24) is 47.9 Å². The number of carbonyl (C=O) groups excluding carboxylic acids is 10. The first-order chi connectivity index (χ1) is 38.7. The van der Waals surface area contributed by atoms with Crippen LogP contribution in [0.15, 0.2) is 84.9 Å². The zero-order valence-electron chi connectivity index (χ0n) is 46.6. The minimum Gasteiger partial charge on any atom is -0.508 e. The Balaban J connectivity index is 1.94. The molecule has 0 heterocycles. The minimum atomic E-state index is -1.80. The van der Waals surface area contributed by atoms with Crippen molar-refractivity contribution in [2.75, 3.05) is 6.54 Å². The Morgan fingerprint density at radius 2 is 0.829 bits per heavy atom. The van der Waals surface area contributed by atoms with Crippen LogP contribution in [0, 0.1) is 11.8 Å². The first kappa shape index (κ1) is 67.3. The second-order valence-electron chi connectivity index (χ2n) is 20.1. The van der Waals surface area contributed by atoms with Gasteiger partial charge < -0.3 is 74.0 Å². The molecule has 0 spiro atoms. The van der Waals surface area contributed by atoms with Gasteiger partial charge in [0.05, 0.1) is 12.6 Å². The number of aliphatic hydroxyl groups excluding tert-OH is 1. The fourth-order valence-corrected chi connectivity index (χ4v) is 8.27. The molecule has 10 amide bonds. The van der Waals surface area contributed by atoms with Gasteiger partial charge in [-0.1, -0.05) is 107 Å². The van der Waals surface area contributed by atoms with Crippen molar-refractivity contribution in [3.05, 3.63) is 102 Å². The van der Waals surface area contributed by atoms with Crippen molar-refractivity contribution >= 4 is 71.0 Å². The zero-order valence-corrected chi connectivity index (χ0v) is 46.6. The lowest BCUT2D eigenvalue weighted by atomic mass is 9.95. The third-order valence-corrected chi connectivity index (χ3v) is 13.0. The van der Waals surface area contributed by atoms with Gasteiger partial charge in [-0.2, -0.15) is 0 Å². The fraction of sp³-hybridized carbons (Fsp3) is 0.464. The molecule has 3 aromatic carbocycles. The van der Waals surface area contributed by atoms with Gasteiger partial charge in [-0.25, -0.2) is 0 Å². The number of primary amides is 1. The van der Waals surface area contributed by atoms with Gasteiger partial charge in [0.1, 0.15) is 54.1 Å². The van der Waals surface area contributed by atoms with Crippen LogP contribution in [-0.2, 0) is 76.8 Å². The number of nitrogens with two attached hydrogens (primary N) is 1. The summed E-state index contributed by atoms with van der Waals surface area (Å²) in [5.41, 5.74) is 6.82. The van der Waals surface area contributed by atoms with E-state index in [2.05, 4.69) is 47.9 Å². The Morgan fingerprint density at radius 3 is 1.23 bits per heavy atom. The molecule has 3 rings (SSSR count). The molecular weight excluding hydrogens is 1070 g/mol. The van der Waals surface area contributed by atoms with E-state index in [0.29, 0.717) is 11.1 Å². The normalized spacial score (nSPS) is 14.6. The van der Waals surface area contributed by atoms with Gasteiger partial charge in [0.25, 0.3) is 0 Å². The minimum absolute atomic E-state index is 0.0412. The predicted octanol–water partition coefficient (Wildman–Crippen LogP) is -1.27. The molecule has 0 fully saturated rings. The summed E-state index contributed by atoms with van der Waals surface area (Å²) >= 11 is 0. The summed E-state index contributed by atoms with van der Waals surface area (Å²) in [7, 11) is 0. The Morgan fingerprint density at radius 1 is 0.463 bits per heavy atom. The van der Waals surface area contributed by atoms with Crippen molar-refractivity contribution in [3.63, 3.8) is 0 Å². The van der Waals surface area contributed by atoms with Crippen LogP contribution in [0.4, 0.5) is 0 Å². The van der Waals surface area contributed by atoms with Gasteiger partial charge in [0.15, 0.2) is 0 Å². The van der Waals surface area contributed by atoms with Gasteiger partial charge in [-0.05, 0) is 60.4 Å². The first-order valence-corrected chi connectivity index (χ1v) is 26.6. The number of nitrogens with one attached hydrogen (secondary N) is 9. The summed E-state index contributed by atoms with van der Waals surface area (Å²) in [4.78, 5) is 159. The average molecular weight is 1150 g/mol. The van der Waals surface area contributed by atoms with Gasteiger partial charge in [-0.15, -0.1) is 0 Å². The standard InChI is InChI=1S/C56H76N10O16/c1-7-31(4)47(65-55(81)46(30(2)3)64-52(78)41(27-35-16-12-9-13-17-35)63-51(77)40(59-33(6)68)26-34-14-10-8-11-15-34)56(82)61-39(23-25-45(73)74)49(75)60-38(22-24-44(71)72)50(76)62-42(28-36-18-20-37(69)21-19-36)53(79)66-48(32(5)67)54(80)58-29-43(57)70/h8-21,30-32,38-42,46-48,67,69H,7,22-29H2,1-6H3,(H2,57,70)(H,58,80)(H,59,68)(H,60,75)(H,61,82)(H,62,76)(H,63,77)(H,64,78)(H,65,81)(H,66,79)(H,71,72)(H,73,74)/t31-,32+,38-,39-,40-,41-,42-,46-,47-,48-/m0/s1. The molecule has 0 aliphatic heterocycles. The van der Waals surface area contributed by atoms with Crippen molar-refractivity contribution in [1.29, 1.82) is 0 Å². The van der Waals surface area contributed by atoms with Crippen LogP contribution >= 0.6 is 0 Å². The van der Waals surface area contributed by atoms with E-state index >= 15 is 0 Å². The highest BCUT2D eigenvalue weighted by molar-refractivity contribution is 5.99. The summed E-state index contributed by atoms with van der Waals surface area (Å²) in [6, 6.07) is 10.8. The molecule has 0 unspecified atom stereocenters. The van der Waals surface area contributed by atoms with Crippen LogP contribution in [0.3, 0.4) is 0 Å². The number of phenols is 1. The topological polar surface area (TPSA) is 420 Å². The van der Waals surface area contributed by atoms with Gasteiger partial charge in [0.2, 0.25) is 59.1 Å². The maximum absolute atomic E-state index is 14.4. The summed E-state index contributed by atoms with van der Waals surface area (Å²) in [5.74, 6) is -13.5. The summed E-state index contributed by atoms with van der Waals surface area (Å²) in [6.45, 7) is 8.26. The Hall–Kier alpha value is -8.94. The van der Waals surface area contributed by atoms with Crippen LogP contribution in [0.1, 0.15) is 90.3 Å². The lowest BCUT2D eigenvalue weighted by Crippen LogP contribution is -2.62. The number of amides is 10. The van der Waals surface area contributed by atoms with E-state index in [1.807, 2.05) is 0 Å². The number of benzene rings is 3. The van der Waals surface area contributed by atoms with Crippen molar-refractivity contribution < 1.29 is 78.0 Å². The van der Waals surface area contributed by atoms with Crippen molar-refractivity contribution in [2.45, 2.75) is 147 Å². The number of hydrogen-bond acceptors (Lipinski definition) is 14. The number of hydrogen-bond donors (Lipinski definition) is 14. The Labute approximate surface area is 474 Å². The van der Waals surface area contributed by atoms with E-state index in [-0.39, 0.29) is 31.4 Å². The molecule has 0 aromatic heterocycles. The number of aliphatic hydroxyl groups is 1. The molecule has 3 aromatic rings. The number of phenolic OH excluding ortho intramolecular Hbond substituents is 1. The molecule has 26 heteroatoms. The number of carboxylic acids is 2. The van der Waals surface area contributed by atoms with E-state index in [9.17, 15) is 78.0 Å². The maximum atomic E-state index is 14.4. The molecule has 15 N–H and O–H groups in total. The molecule has 0 bridgehead atoms. The monoisotopic (exact) mass is 1140 g/mol. The zero-order chi connectivity index (χ0) is 61.2. The molecule has 446 valence electrons. The number of aromatic hydroxyl groups is 1. The van der Waals surface area contributed by atoms with Crippen LogP contribution < -0.4 is 53.6 Å². The van der Waals surface area contributed by atoms with Crippen LogP contribution in [0.5, 0.6) is 5.75 Å². The van der Waals surface area contributed by atoms with Gasteiger partial charge in [-0.3, -0.25) is 57.5 Å². The predicted molar refractivity (Wildman–Crippen MR) is 295 cm³/mol. The van der Waals surface area contributed by atoms with Crippen molar-refractivity contribution in [3.8, 4) is 5.75 Å². The second kappa shape index (κ2) is 33.6. The lowest BCUT2D eigenvalue weighted by Gasteiger charge is -2.31. The highest BCUT2D eigenvalue weighted by atomic mass is 16.4. The van der Waals surface area contributed by atoms with Gasteiger partial charge >= 0.3 is 11.9 Å². The maximum Gasteiger partial charge on any atom is 0.303 e. The summed E-state index contributed by atoms with van der Waals surface area (Å²) in [6.07, 6.45) is -4.32.